The first-order valence-corrected chi connectivity index (χ1v) is 17.3. The minimum absolute atomic E-state index is 0.0805. The Morgan fingerprint density at radius 3 is 1.31 bits per heavy atom. The molecule has 0 radical (unpaired) electrons. The Balaban J connectivity index is 1.42. The molecule has 0 saturated carbocycles. The highest BCUT2D eigenvalue weighted by molar-refractivity contribution is 7.01. The number of rotatable bonds is 4. The molecule has 0 bridgehead atoms. The summed E-state index contributed by atoms with van der Waals surface area (Å²) in [7, 11) is 0. The topological polar surface area (TPSA) is 6.48 Å². The smallest absolute Gasteiger partial charge is 0.246 e. The molecular formula is C45H36B2N2. The Kier molecular flexibility index (Phi) is 7.05. The van der Waals surface area contributed by atoms with Crippen LogP contribution in [0.15, 0.2) is 164 Å². The van der Waals surface area contributed by atoms with Crippen molar-refractivity contribution < 1.29 is 0 Å². The average Bonchev–Trinajstić information content (AvgIpc) is 3.14. The van der Waals surface area contributed by atoms with Gasteiger partial charge >= 0.3 is 0 Å². The summed E-state index contributed by atoms with van der Waals surface area (Å²) in [6.07, 6.45) is 0. The quantitative estimate of drug-likeness (QED) is 0.191. The third-order valence-electron chi connectivity index (χ3n) is 10.5. The molecule has 9 rings (SSSR count). The van der Waals surface area contributed by atoms with E-state index in [-0.39, 0.29) is 13.4 Å². The Labute approximate surface area is 290 Å². The standard InChI is InChI=1S/C45H36B2N2/c1-31-26-27-39-43(28-31)49(35-20-8-5-9-21-35)45-30-44-40(29-41(45)47(39)37-23-13-11-17-33(37)3)46(36-22-12-10-16-32(36)2)38-24-14-15-25-42(38)48(44)34-18-6-4-7-19-34/h4-30H,1-3H3. The molecule has 4 heteroatoms. The number of hydrogen-bond donors (Lipinski definition) is 0. The fourth-order valence-electron chi connectivity index (χ4n) is 8.28. The second-order valence-corrected chi connectivity index (χ2v) is 13.5. The largest absolute Gasteiger partial charge is 0.311 e. The van der Waals surface area contributed by atoms with Gasteiger partial charge in [-0.3, -0.25) is 0 Å². The van der Waals surface area contributed by atoms with Crippen LogP contribution in [0.5, 0.6) is 0 Å². The first-order valence-electron chi connectivity index (χ1n) is 17.3. The molecule has 2 aliphatic rings. The van der Waals surface area contributed by atoms with Crippen LogP contribution < -0.4 is 42.6 Å². The van der Waals surface area contributed by atoms with E-state index >= 15 is 0 Å². The summed E-state index contributed by atoms with van der Waals surface area (Å²) in [5, 5.41) is 0. The van der Waals surface area contributed by atoms with Gasteiger partial charge in [-0.1, -0.05) is 143 Å². The van der Waals surface area contributed by atoms with Crippen LogP contribution in [0.2, 0.25) is 0 Å². The van der Waals surface area contributed by atoms with E-state index in [9.17, 15) is 0 Å². The van der Waals surface area contributed by atoms with Crippen molar-refractivity contribution in [3.05, 3.63) is 180 Å². The third-order valence-corrected chi connectivity index (χ3v) is 10.5. The van der Waals surface area contributed by atoms with Gasteiger partial charge in [0.05, 0.1) is 0 Å². The van der Waals surface area contributed by atoms with E-state index in [0.717, 1.165) is 11.4 Å². The maximum absolute atomic E-state index is 2.56. The van der Waals surface area contributed by atoms with Gasteiger partial charge in [-0.25, -0.2) is 0 Å². The lowest BCUT2D eigenvalue weighted by Gasteiger charge is -2.42. The number of benzene rings is 7. The molecular weight excluding hydrogens is 590 g/mol. The number of fused-ring (bicyclic) bond motifs is 4. The van der Waals surface area contributed by atoms with Crippen molar-refractivity contribution in [2.24, 2.45) is 0 Å². The van der Waals surface area contributed by atoms with Crippen LogP contribution in [0.1, 0.15) is 16.7 Å². The maximum atomic E-state index is 2.56. The van der Waals surface area contributed by atoms with Gasteiger partial charge in [0.15, 0.2) is 0 Å². The molecule has 2 heterocycles. The Morgan fingerprint density at radius 2 is 0.755 bits per heavy atom. The fraction of sp³-hybridized carbons (Fsp3) is 0.0667. The van der Waals surface area contributed by atoms with E-state index in [1.165, 1.54) is 72.2 Å². The van der Waals surface area contributed by atoms with Crippen molar-refractivity contribution in [1.82, 2.24) is 0 Å². The molecule has 2 nitrogen and oxygen atoms in total. The van der Waals surface area contributed by atoms with Crippen LogP contribution in [-0.2, 0) is 0 Å². The van der Waals surface area contributed by atoms with Gasteiger partial charge in [0.1, 0.15) is 0 Å². The minimum atomic E-state index is 0.0805. The predicted octanol–water partition coefficient (Wildman–Crippen LogP) is 7.21. The first-order chi connectivity index (χ1) is 24.1. The molecule has 0 unspecified atom stereocenters. The molecule has 0 aromatic heterocycles. The molecule has 49 heavy (non-hydrogen) atoms. The number of para-hydroxylation sites is 3. The molecule has 2 aliphatic heterocycles. The summed E-state index contributed by atoms with van der Waals surface area (Å²) in [5.74, 6) is 0. The van der Waals surface area contributed by atoms with Gasteiger partial charge in [-0.2, -0.15) is 0 Å². The number of anilines is 6. The van der Waals surface area contributed by atoms with Crippen molar-refractivity contribution in [2.45, 2.75) is 20.8 Å². The highest BCUT2D eigenvalue weighted by atomic mass is 15.2. The lowest BCUT2D eigenvalue weighted by Crippen LogP contribution is -2.62. The number of hydrogen-bond acceptors (Lipinski definition) is 2. The zero-order valence-corrected chi connectivity index (χ0v) is 28.1. The first kappa shape index (κ1) is 29.4. The maximum Gasteiger partial charge on any atom is 0.246 e. The van der Waals surface area contributed by atoms with Crippen molar-refractivity contribution in [1.29, 1.82) is 0 Å². The van der Waals surface area contributed by atoms with Crippen LogP contribution in [0.4, 0.5) is 34.1 Å². The van der Waals surface area contributed by atoms with Gasteiger partial charge in [0.25, 0.3) is 0 Å². The van der Waals surface area contributed by atoms with E-state index in [2.05, 4.69) is 194 Å². The number of aryl methyl sites for hydroxylation is 3. The second kappa shape index (κ2) is 11.8. The second-order valence-electron chi connectivity index (χ2n) is 13.5. The van der Waals surface area contributed by atoms with E-state index in [4.69, 9.17) is 0 Å². The summed E-state index contributed by atoms with van der Waals surface area (Å²) in [6.45, 7) is 6.88. The van der Waals surface area contributed by atoms with Crippen molar-refractivity contribution in [2.75, 3.05) is 9.80 Å². The molecule has 0 aliphatic carbocycles. The molecule has 0 saturated heterocycles. The molecule has 0 spiro atoms. The lowest BCUT2D eigenvalue weighted by atomic mass is 9.31. The molecule has 7 aromatic rings. The lowest BCUT2D eigenvalue weighted by molar-refractivity contribution is 1.25. The fourth-order valence-corrected chi connectivity index (χ4v) is 8.28. The monoisotopic (exact) mass is 626 g/mol. The average molecular weight is 626 g/mol. The van der Waals surface area contributed by atoms with E-state index in [0.29, 0.717) is 0 Å². The summed E-state index contributed by atoms with van der Waals surface area (Å²) in [5.41, 5.74) is 19.1. The molecule has 232 valence electrons. The third kappa shape index (κ3) is 4.74. The van der Waals surface area contributed by atoms with Crippen molar-refractivity contribution in [3.63, 3.8) is 0 Å². The molecule has 0 amide bonds. The highest BCUT2D eigenvalue weighted by Gasteiger charge is 2.41. The SMILES string of the molecule is Cc1ccc2c(c1)N(c1ccccc1)c1cc3c(cc1B2c1ccccc1C)B(c1ccccc1C)c1ccccc1N3c1ccccc1. The highest BCUT2D eigenvalue weighted by Crippen LogP contribution is 2.42. The molecule has 0 fully saturated rings. The Bertz CT molecular complexity index is 2350. The summed E-state index contributed by atoms with van der Waals surface area (Å²) < 4.78 is 0. The van der Waals surface area contributed by atoms with Gasteiger partial charge in [-0.15, -0.1) is 0 Å². The van der Waals surface area contributed by atoms with Gasteiger partial charge in [0, 0.05) is 34.1 Å². The summed E-state index contributed by atoms with van der Waals surface area (Å²) in [6, 6.07) is 60.7. The van der Waals surface area contributed by atoms with Gasteiger partial charge in [0.2, 0.25) is 13.4 Å². The molecule has 0 atom stereocenters. The van der Waals surface area contributed by atoms with E-state index < -0.39 is 0 Å². The minimum Gasteiger partial charge on any atom is -0.311 e. The van der Waals surface area contributed by atoms with E-state index in [1.54, 1.807) is 0 Å². The van der Waals surface area contributed by atoms with Crippen LogP contribution in [-0.4, -0.2) is 13.4 Å². The van der Waals surface area contributed by atoms with E-state index in [1.807, 2.05) is 0 Å². The molecule has 7 aromatic carbocycles. The van der Waals surface area contributed by atoms with Crippen LogP contribution in [0.3, 0.4) is 0 Å². The van der Waals surface area contributed by atoms with Crippen molar-refractivity contribution in [3.8, 4) is 0 Å². The number of nitrogens with zero attached hydrogens (tertiary/aromatic N) is 2. The van der Waals surface area contributed by atoms with Crippen molar-refractivity contribution >= 4 is 80.3 Å². The normalized spacial score (nSPS) is 13.0. The summed E-state index contributed by atoms with van der Waals surface area (Å²) in [4.78, 5) is 4.98. The van der Waals surface area contributed by atoms with Crippen LogP contribution in [0, 0.1) is 20.8 Å². The zero-order chi connectivity index (χ0) is 33.1. The van der Waals surface area contributed by atoms with Gasteiger partial charge < -0.3 is 9.80 Å². The van der Waals surface area contributed by atoms with Crippen LogP contribution >= 0.6 is 0 Å². The Hall–Kier alpha value is -5.73. The Morgan fingerprint density at radius 1 is 0.327 bits per heavy atom. The van der Waals surface area contributed by atoms with Crippen LogP contribution in [0.25, 0.3) is 0 Å². The zero-order valence-electron chi connectivity index (χ0n) is 28.1. The predicted molar refractivity (Wildman–Crippen MR) is 212 cm³/mol. The van der Waals surface area contributed by atoms with Gasteiger partial charge in [-0.05, 0) is 90.7 Å². The molecule has 0 N–H and O–H groups in total. The summed E-state index contributed by atoms with van der Waals surface area (Å²) >= 11 is 0.